The molecule has 2 rings (SSSR count). The van der Waals surface area contributed by atoms with Crippen LogP contribution in [0.15, 0.2) is 46.9 Å². The second kappa shape index (κ2) is 6.77. The molecule has 106 valence electrons. The van der Waals surface area contributed by atoms with Gasteiger partial charge in [0, 0.05) is 12.6 Å². The van der Waals surface area contributed by atoms with Gasteiger partial charge >= 0.3 is 0 Å². The predicted molar refractivity (Wildman–Crippen MR) is 75.8 cm³/mol. The molecule has 1 atom stereocenters. The minimum Gasteiger partial charge on any atom is -0.426 e. The lowest BCUT2D eigenvalue weighted by Gasteiger charge is -2.08. The van der Waals surface area contributed by atoms with Crippen LogP contribution in [0.5, 0.6) is 11.7 Å². The Labute approximate surface area is 117 Å². The Morgan fingerprint density at radius 3 is 2.75 bits per heavy atom. The fraction of sp³-hybridized carbons (Fsp3) is 0.267. The quantitative estimate of drug-likeness (QED) is 0.848. The Kier molecular flexibility index (Phi) is 4.79. The van der Waals surface area contributed by atoms with E-state index >= 15 is 0 Å². The van der Waals surface area contributed by atoms with E-state index in [2.05, 4.69) is 5.32 Å². The summed E-state index contributed by atoms with van der Waals surface area (Å²) in [4.78, 5) is 11.8. The number of carbonyl (C=O) groups excluding carboxylic acids is 1. The van der Waals surface area contributed by atoms with Crippen molar-refractivity contribution >= 4 is 5.91 Å². The maximum Gasteiger partial charge on any atom is 0.290 e. The van der Waals surface area contributed by atoms with Crippen molar-refractivity contribution in [3.8, 4) is 11.7 Å². The average molecular weight is 274 g/mol. The van der Waals surface area contributed by atoms with Gasteiger partial charge in [0.1, 0.15) is 5.75 Å². The highest BCUT2D eigenvalue weighted by atomic mass is 16.6. The molecule has 3 N–H and O–H groups in total. The monoisotopic (exact) mass is 274 g/mol. The van der Waals surface area contributed by atoms with Crippen LogP contribution in [-0.4, -0.2) is 19.0 Å². The molecule has 5 heteroatoms. The zero-order valence-electron chi connectivity index (χ0n) is 11.3. The number of benzene rings is 1. The molecule has 2 aromatic rings. The lowest BCUT2D eigenvalue weighted by atomic mass is 10.2. The molecule has 20 heavy (non-hydrogen) atoms. The minimum atomic E-state index is -0.270. The third kappa shape index (κ3) is 3.86. The van der Waals surface area contributed by atoms with E-state index in [4.69, 9.17) is 14.9 Å². The van der Waals surface area contributed by atoms with Crippen LogP contribution in [0.25, 0.3) is 0 Å². The van der Waals surface area contributed by atoms with Gasteiger partial charge in [0.2, 0.25) is 0 Å². The van der Waals surface area contributed by atoms with Crippen molar-refractivity contribution < 1.29 is 13.9 Å². The van der Waals surface area contributed by atoms with E-state index in [0.29, 0.717) is 18.8 Å². The van der Waals surface area contributed by atoms with Gasteiger partial charge in [0.05, 0.1) is 0 Å². The number of hydrogen-bond donors (Lipinski definition) is 2. The Morgan fingerprint density at radius 1 is 1.30 bits per heavy atom. The number of carbonyl (C=O) groups is 1. The number of para-hydroxylation sites is 1. The van der Waals surface area contributed by atoms with Crippen LogP contribution in [0.2, 0.25) is 0 Å². The highest BCUT2D eigenvalue weighted by Crippen LogP contribution is 2.23. The molecule has 0 bridgehead atoms. The predicted octanol–water partition coefficient (Wildman–Crippen LogP) is 2.40. The standard InChI is InChI=1S/C15H18N2O3/c1-11(9-16)10-17-15(18)13-7-8-14(20-13)19-12-5-3-2-4-6-12/h2-8,11H,9-10,16H2,1H3,(H,17,18). The molecule has 0 aliphatic rings. The number of rotatable bonds is 6. The molecule has 0 saturated heterocycles. The van der Waals surface area contributed by atoms with Gasteiger partial charge in [-0.3, -0.25) is 4.79 Å². The zero-order valence-corrected chi connectivity index (χ0v) is 11.3. The van der Waals surface area contributed by atoms with Gasteiger partial charge in [-0.1, -0.05) is 25.1 Å². The van der Waals surface area contributed by atoms with Crippen molar-refractivity contribution in [3.63, 3.8) is 0 Å². The van der Waals surface area contributed by atoms with Crippen LogP contribution < -0.4 is 15.8 Å². The van der Waals surface area contributed by atoms with E-state index in [1.807, 2.05) is 37.3 Å². The molecule has 0 aliphatic heterocycles. The molecule has 0 fully saturated rings. The van der Waals surface area contributed by atoms with E-state index in [9.17, 15) is 4.79 Å². The van der Waals surface area contributed by atoms with Crippen LogP contribution >= 0.6 is 0 Å². The fourth-order valence-corrected chi connectivity index (χ4v) is 1.54. The van der Waals surface area contributed by atoms with Crippen LogP contribution in [0, 0.1) is 5.92 Å². The van der Waals surface area contributed by atoms with Gasteiger partial charge in [0.25, 0.3) is 11.9 Å². The summed E-state index contributed by atoms with van der Waals surface area (Å²) in [5.74, 6) is 1.13. The highest BCUT2D eigenvalue weighted by Gasteiger charge is 2.12. The molecular formula is C15H18N2O3. The molecule has 5 nitrogen and oxygen atoms in total. The van der Waals surface area contributed by atoms with Crippen LogP contribution in [-0.2, 0) is 0 Å². The molecule has 0 spiro atoms. The summed E-state index contributed by atoms with van der Waals surface area (Å²) in [6, 6.07) is 12.4. The minimum absolute atomic E-state index is 0.222. The molecule has 0 radical (unpaired) electrons. The summed E-state index contributed by atoms with van der Waals surface area (Å²) < 4.78 is 10.8. The van der Waals surface area contributed by atoms with E-state index in [0.717, 1.165) is 0 Å². The molecule has 1 aromatic carbocycles. The first-order valence-electron chi connectivity index (χ1n) is 6.50. The Morgan fingerprint density at radius 2 is 2.05 bits per heavy atom. The molecular weight excluding hydrogens is 256 g/mol. The summed E-state index contributed by atoms with van der Waals surface area (Å²) in [6.07, 6.45) is 0. The van der Waals surface area contributed by atoms with Crippen molar-refractivity contribution in [2.75, 3.05) is 13.1 Å². The van der Waals surface area contributed by atoms with Gasteiger partial charge in [-0.2, -0.15) is 0 Å². The lowest BCUT2D eigenvalue weighted by molar-refractivity contribution is 0.0916. The van der Waals surface area contributed by atoms with Crippen molar-refractivity contribution in [2.24, 2.45) is 11.7 Å². The molecule has 1 heterocycles. The molecule has 0 aliphatic carbocycles. The van der Waals surface area contributed by atoms with Gasteiger partial charge in [-0.15, -0.1) is 0 Å². The van der Waals surface area contributed by atoms with Gasteiger partial charge < -0.3 is 20.2 Å². The summed E-state index contributed by atoms with van der Waals surface area (Å²) in [6.45, 7) is 3.01. The largest absolute Gasteiger partial charge is 0.426 e. The van der Waals surface area contributed by atoms with Crippen molar-refractivity contribution in [1.82, 2.24) is 5.32 Å². The van der Waals surface area contributed by atoms with Crippen molar-refractivity contribution in [3.05, 3.63) is 48.2 Å². The van der Waals surface area contributed by atoms with E-state index < -0.39 is 0 Å². The SMILES string of the molecule is CC(CN)CNC(=O)c1ccc(Oc2ccccc2)o1. The highest BCUT2D eigenvalue weighted by molar-refractivity contribution is 5.91. The van der Waals surface area contributed by atoms with Crippen LogP contribution in [0.1, 0.15) is 17.5 Å². The molecule has 1 amide bonds. The van der Waals surface area contributed by atoms with E-state index in [-0.39, 0.29) is 23.5 Å². The Hall–Kier alpha value is -2.27. The van der Waals surface area contributed by atoms with Gasteiger partial charge in [-0.25, -0.2) is 0 Å². The number of furan rings is 1. The number of amides is 1. The Balaban J connectivity index is 1.93. The maximum absolute atomic E-state index is 11.8. The third-order valence-corrected chi connectivity index (χ3v) is 2.78. The summed E-state index contributed by atoms with van der Waals surface area (Å²) in [7, 11) is 0. The molecule has 1 unspecified atom stereocenters. The van der Waals surface area contributed by atoms with E-state index in [1.54, 1.807) is 12.1 Å². The zero-order chi connectivity index (χ0) is 14.4. The normalized spacial score (nSPS) is 11.9. The second-order valence-electron chi connectivity index (χ2n) is 4.58. The Bertz CT molecular complexity index is 551. The summed E-state index contributed by atoms with van der Waals surface area (Å²) in [5, 5.41) is 2.76. The number of nitrogens with two attached hydrogens (primary N) is 1. The number of nitrogens with one attached hydrogen (secondary N) is 1. The third-order valence-electron chi connectivity index (χ3n) is 2.78. The van der Waals surface area contributed by atoms with Gasteiger partial charge in [-0.05, 0) is 30.7 Å². The fourth-order valence-electron chi connectivity index (χ4n) is 1.54. The first kappa shape index (κ1) is 14.1. The molecule has 0 saturated carbocycles. The second-order valence-corrected chi connectivity index (χ2v) is 4.58. The average Bonchev–Trinajstić information content (AvgIpc) is 2.94. The van der Waals surface area contributed by atoms with E-state index in [1.165, 1.54) is 0 Å². The topological polar surface area (TPSA) is 77.5 Å². The van der Waals surface area contributed by atoms with Crippen molar-refractivity contribution in [1.29, 1.82) is 0 Å². The number of hydrogen-bond acceptors (Lipinski definition) is 4. The summed E-state index contributed by atoms with van der Waals surface area (Å²) >= 11 is 0. The molecule has 1 aromatic heterocycles. The van der Waals surface area contributed by atoms with Crippen LogP contribution in [0.3, 0.4) is 0 Å². The smallest absolute Gasteiger partial charge is 0.290 e. The lowest BCUT2D eigenvalue weighted by Crippen LogP contribution is -2.30. The first-order chi connectivity index (χ1) is 9.69. The van der Waals surface area contributed by atoms with Gasteiger partial charge in [0.15, 0.2) is 5.76 Å². The maximum atomic E-state index is 11.8. The number of ether oxygens (including phenoxy) is 1. The van der Waals surface area contributed by atoms with Crippen molar-refractivity contribution in [2.45, 2.75) is 6.92 Å². The first-order valence-corrected chi connectivity index (χ1v) is 6.50. The van der Waals surface area contributed by atoms with Crippen LogP contribution in [0.4, 0.5) is 0 Å². The summed E-state index contributed by atoms with van der Waals surface area (Å²) in [5.41, 5.74) is 5.49.